The lowest BCUT2D eigenvalue weighted by atomic mass is 10.0. The number of piperazine rings is 1. The third kappa shape index (κ3) is 3.51. The monoisotopic (exact) mass is 328 g/mol. The van der Waals surface area contributed by atoms with Crippen LogP contribution >= 0.6 is 0 Å². The van der Waals surface area contributed by atoms with Crippen LogP contribution in [0.1, 0.15) is 47.1 Å². The topological polar surface area (TPSA) is 50.8 Å². The zero-order valence-electron chi connectivity index (χ0n) is 14.7. The van der Waals surface area contributed by atoms with Gasteiger partial charge >= 0.3 is 0 Å². The van der Waals surface area contributed by atoms with E-state index in [0.29, 0.717) is 17.0 Å². The maximum Gasteiger partial charge on any atom is 0.259 e. The maximum absolute atomic E-state index is 12.9. The van der Waals surface area contributed by atoms with Crippen molar-refractivity contribution in [2.75, 3.05) is 26.2 Å². The summed E-state index contributed by atoms with van der Waals surface area (Å²) in [6.07, 6.45) is 0. The van der Waals surface area contributed by atoms with E-state index < -0.39 is 0 Å². The first-order valence-corrected chi connectivity index (χ1v) is 8.69. The van der Waals surface area contributed by atoms with Crippen molar-refractivity contribution in [2.24, 2.45) is 0 Å². The minimum absolute atomic E-state index is 0.0659. The van der Waals surface area contributed by atoms with Crippen molar-refractivity contribution in [3.63, 3.8) is 0 Å². The van der Waals surface area contributed by atoms with E-state index in [1.54, 1.807) is 0 Å². The molecule has 0 atom stereocenters. The van der Waals surface area contributed by atoms with Crippen LogP contribution in [-0.2, 0) is 6.54 Å². The Labute approximate surface area is 143 Å². The highest BCUT2D eigenvalue weighted by molar-refractivity contribution is 5.96. The van der Waals surface area contributed by atoms with E-state index in [1.165, 1.54) is 10.5 Å². The Balaban J connectivity index is 1.62. The van der Waals surface area contributed by atoms with Crippen LogP contribution in [0.2, 0.25) is 0 Å². The number of rotatable bonds is 4. The third-order valence-corrected chi connectivity index (χ3v) is 4.68. The van der Waals surface area contributed by atoms with Gasteiger partial charge in [0, 0.05) is 11.5 Å². The van der Waals surface area contributed by atoms with Crippen LogP contribution in [0.15, 0.2) is 34.9 Å². The van der Waals surface area contributed by atoms with Gasteiger partial charge in [-0.3, -0.25) is 4.79 Å². The number of carbonyl (C=O) groups excluding carboxylic acids is 1. The van der Waals surface area contributed by atoms with E-state index in [2.05, 4.69) is 29.4 Å². The molecule has 1 aliphatic rings. The number of aryl methyl sites for hydroxylation is 1. The molecule has 0 saturated carbocycles. The quantitative estimate of drug-likeness (QED) is 0.928. The predicted octanol–water partition coefficient (Wildman–Crippen LogP) is 1.65. The average molecular weight is 328 g/mol. The zero-order valence-corrected chi connectivity index (χ0v) is 14.7. The van der Waals surface area contributed by atoms with Gasteiger partial charge in [-0.25, -0.2) is 0 Å². The van der Waals surface area contributed by atoms with Gasteiger partial charge in [0.25, 0.3) is 5.91 Å². The van der Waals surface area contributed by atoms with Gasteiger partial charge in [0.15, 0.2) is 5.76 Å². The summed E-state index contributed by atoms with van der Waals surface area (Å²) in [5.74, 6) is 0.933. The summed E-state index contributed by atoms with van der Waals surface area (Å²) in [7, 11) is 0. The second-order valence-corrected chi connectivity index (χ2v) is 6.87. The highest BCUT2D eigenvalue weighted by Crippen LogP contribution is 2.23. The molecule has 24 heavy (non-hydrogen) atoms. The summed E-state index contributed by atoms with van der Waals surface area (Å²) in [6, 6.07) is 10.5. The van der Waals surface area contributed by atoms with Crippen molar-refractivity contribution >= 4 is 5.91 Å². The number of nitrogens with zero attached hydrogens (tertiary/aromatic N) is 2. The van der Waals surface area contributed by atoms with Crippen molar-refractivity contribution in [1.29, 1.82) is 0 Å². The van der Waals surface area contributed by atoms with Gasteiger partial charge in [0.2, 0.25) is 0 Å². The molecule has 3 rings (SSSR count). The largest absolute Gasteiger partial charge is 0.360 e. The van der Waals surface area contributed by atoms with Crippen LogP contribution in [0.25, 0.3) is 0 Å². The number of nitrogens with one attached hydrogen (secondary N) is 1. The lowest BCUT2D eigenvalue weighted by molar-refractivity contribution is -0.917. The summed E-state index contributed by atoms with van der Waals surface area (Å²) in [5.41, 5.74) is 2.71. The molecule has 1 aromatic carbocycles. The number of carbonyl (C=O) groups is 1. The smallest absolute Gasteiger partial charge is 0.259 e. The van der Waals surface area contributed by atoms with Gasteiger partial charge < -0.3 is 14.3 Å². The summed E-state index contributed by atoms with van der Waals surface area (Å²) in [6.45, 7) is 10.4. The second kappa shape index (κ2) is 7.18. The molecular weight excluding hydrogens is 302 g/mol. The van der Waals surface area contributed by atoms with Crippen molar-refractivity contribution in [3.05, 3.63) is 52.9 Å². The zero-order chi connectivity index (χ0) is 17.1. The van der Waals surface area contributed by atoms with E-state index in [1.807, 2.05) is 31.7 Å². The first-order valence-electron chi connectivity index (χ1n) is 8.69. The summed E-state index contributed by atoms with van der Waals surface area (Å²) in [4.78, 5) is 16.4. The molecule has 5 nitrogen and oxygen atoms in total. The van der Waals surface area contributed by atoms with E-state index in [9.17, 15) is 4.79 Å². The molecule has 1 fully saturated rings. The fourth-order valence-corrected chi connectivity index (χ4v) is 3.29. The lowest BCUT2D eigenvalue weighted by Crippen LogP contribution is -3.13. The molecule has 0 aliphatic carbocycles. The van der Waals surface area contributed by atoms with Gasteiger partial charge in [-0.15, -0.1) is 0 Å². The van der Waals surface area contributed by atoms with Crippen molar-refractivity contribution in [2.45, 2.75) is 33.2 Å². The first-order chi connectivity index (χ1) is 11.6. The van der Waals surface area contributed by atoms with Crippen LogP contribution < -0.4 is 4.90 Å². The molecule has 2 heterocycles. The van der Waals surface area contributed by atoms with E-state index >= 15 is 0 Å². The molecule has 0 spiro atoms. The SMILES string of the molecule is Cc1noc(C(C)C)c1C(=O)N1CC[NH+](Cc2ccccc2)CC1. The molecule has 0 unspecified atom stereocenters. The Kier molecular flexibility index (Phi) is 5.00. The Bertz CT molecular complexity index is 686. The normalized spacial score (nSPS) is 15.9. The van der Waals surface area contributed by atoms with Crippen molar-refractivity contribution < 1.29 is 14.2 Å². The highest BCUT2D eigenvalue weighted by Gasteiger charge is 2.30. The Hall–Kier alpha value is -2.14. The van der Waals surface area contributed by atoms with E-state index in [4.69, 9.17) is 4.52 Å². The maximum atomic E-state index is 12.9. The van der Waals surface area contributed by atoms with Crippen LogP contribution in [-0.4, -0.2) is 42.1 Å². The van der Waals surface area contributed by atoms with Gasteiger partial charge in [-0.05, 0) is 6.92 Å². The minimum atomic E-state index is 0.0659. The van der Waals surface area contributed by atoms with Crippen LogP contribution in [0, 0.1) is 6.92 Å². The van der Waals surface area contributed by atoms with Crippen LogP contribution in [0.3, 0.4) is 0 Å². The third-order valence-electron chi connectivity index (χ3n) is 4.68. The molecular formula is C19H26N3O2+. The molecule has 0 radical (unpaired) electrons. The highest BCUT2D eigenvalue weighted by atomic mass is 16.5. The lowest BCUT2D eigenvalue weighted by Gasteiger charge is -2.32. The van der Waals surface area contributed by atoms with E-state index in [-0.39, 0.29) is 11.8 Å². The summed E-state index contributed by atoms with van der Waals surface area (Å²) in [5, 5.41) is 4.00. The van der Waals surface area contributed by atoms with Gasteiger partial charge in [0.05, 0.1) is 31.9 Å². The number of aromatic nitrogens is 1. The number of hydrogen-bond acceptors (Lipinski definition) is 3. The molecule has 1 amide bonds. The molecule has 1 aliphatic heterocycles. The molecule has 1 N–H and O–H groups in total. The van der Waals surface area contributed by atoms with Crippen LogP contribution in [0.4, 0.5) is 0 Å². The van der Waals surface area contributed by atoms with Crippen LogP contribution in [0.5, 0.6) is 0 Å². The number of hydrogen-bond donors (Lipinski definition) is 1. The second-order valence-electron chi connectivity index (χ2n) is 6.87. The summed E-state index contributed by atoms with van der Waals surface area (Å²) >= 11 is 0. The number of amides is 1. The summed E-state index contributed by atoms with van der Waals surface area (Å²) < 4.78 is 5.37. The molecule has 0 bridgehead atoms. The average Bonchev–Trinajstić information content (AvgIpc) is 2.98. The molecule has 128 valence electrons. The van der Waals surface area contributed by atoms with E-state index in [0.717, 1.165) is 32.7 Å². The Morgan fingerprint density at radius 1 is 1.25 bits per heavy atom. The standard InChI is InChI=1S/C19H25N3O2/c1-14(2)18-17(15(3)20-24-18)19(23)22-11-9-21(10-12-22)13-16-7-5-4-6-8-16/h4-8,14H,9-13H2,1-3H3/p+1. The first kappa shape index (κ1) is 16.7. The molecule has 5 heteroatoms. The fraction of sp³-hybridized carbons (Fsp3) is 0.474. The molecule has 1 saturated heterocycles. The minimum Gasteiger partial charge on any atom is -0.360 e. The van der Waals surface area contributed by atoms with Gasteiger partial charge in [0.1, 0.15) is 12.1 Å². The Morgan fingerprint density at radius 3 is 2.54 bits per heavy atom. The van der Waals surface area contributed by atoms with Gasteiger partial charge in [-0.1, -0.05) is 49.3 Å². The fourth-order valence-electron chi connectivity index (χ4n) is 3.29. The number of benzene rings is 1. The van der Waals surface area contributed by atoms with Crippen molar-refractivity contribution in [3.8, 4) is 0 Å². The van der Waals surface area contributed by atoms with Gasteiger partial charge in [-0.2, -0.15) is 0 Å². The number of quaternary nitrogens is 1. The predicted molar refractivity (Wildman–Crippen MR) is 92.1 cm³/mol. The molecule has 1 aromatic heterocycles. The Morgan fingerprint density at radius 2 is 1.92 bits per heavy atom. The molecule has 2 aromatic rings. The van der Waals surface area contributed by atoms with Crippen molar-refractivity contribution in [1.82, 2.24) is 10.1 Å².